The molecule has 9 heteroatoms. The summed E-state index contributed by atoms with van der Waals surface area (Å²) >= 11 is 0. The van der Waals surface area contributed by atoms with E-state index in [0.717, 1.165) is 17.7 Å². The molecule has 168 valence electrons. The number of carbonyl (C=O) groups is 3. The summed E-state index contributed by atoms with van der Waals surface area (Å²) in [6, 6.07) is 13.0. The van der Waals surface area contributed by atoms with Gasteiger partial charge in [-0.05, 0) is 49.2 Å². The Bertz CT molecular complexity index is 1130. The van der Waals surface area contributed by atoms with Gasteiger partial charge >= 0.3 is 0 Å². The lowest BCUT2D eigenvalue weighted by atomic mass is 10.2. The average Bonchev–Trinajstić information content (AvgIpc) is 3.38. The Morgan fingerprint density at radius 2 is 1.62 bits per heavy atom. The molecule has 1 unspecified atom stereocenters. The average molecular weight is 456 g/mol. The predicted octanol–water partition coefficient (Wildman–Crippen LogP) is 2.91. The second-order valence-corrected chi connectivity index (χ2v) is 9.94. The molecule has 3 amide bonds. The molecule has 1 aliphatic carbocycles. The lowest BCUT2D eigenvalue weighted by Crippen LogP contribution is -2.49. The fraction of sp³-hybridized carbons (Fsp3) is 0.348. The molecule has 0 aromatic heterocycles. The molecule has 1 aliphatic heterocycles. The second-order valence-electron chi connectivity index (χ2n) is 8.10. The van der Waals surface area contributed by atoms with Crippen LogP contribution in [-0.2, 0) is 24.4 Å². The van der Waals surface area contributed by atoms with Gasteiger partial charge in [0, 0.05) is 18.7 Å². The topological polar surface area (TPSA) is 104 Å². The molecule has 2 aromatic carbocycles. The van der Waals surface area contributed by atoms with Crippen molar-refractivity contribution < 1.29 is 22.8 Å². The van der Waals surface area contributed by atoms with Crippen molar-refractivity contribution in [3.8, 4) is 0 Å². The Kier molecular flexibility index (Phi) is 6.12. The number of sulfonamides is 1. The van der Waals surface area contributed by atoms with Crippen molar-refractivity contribution in [2.75, 3.05) is 10.2 Å². The summed E-state index contributed by atoms with van der Waals surface area (Å²) in [7, 11) is -3.96. The van der Waals surface area contributed by atoms with Gasteiger partial charge in [-0.1, -0.05) is 31.0 Å². The Balaban J connectivity index is 1.67. The molecule has 1 heterocycles. The van der Waals surface area contributed by atoms with Crippen LogP contribution in [0.5, 0.6) is 0 Å². The van der Waals surface area contributed by atoms with E-state index < -0.39 is 27.9 Å². The molecule has 2 aliphatic rings. The van der Waals surface area contributed by atoms with Crippen molar-refractivity contribution in [2.45, 2.75) is 56.0 Å². The highest BCUT2D eigenvalue weighted by Gasteiger charge is 2.49. The van der Waals surface area contributed by atoms with Gasteiger partial charge in [0.1, 0.15) is 6.04 Å². The molecular weight excluding hydrogens is 430 g/mol. The molecule has 1 atom stereocenters. The quantitative estimate of drug-likeness (QED) is 0.675. The van der Waals surface area contributed by atoms with Crippen molar-refractivity contribution in [2.24, 2.45) is 0 Å². The highest BCUT2D eigenvalue weighted by molar-refractivity contribution is 7.89. The van der Waals surface area contributed by atoms with Crippen molar-refractivity contribution in [3.05, 3.63) is 54.6 Å². The maximum Gasteiger partial charge on any atom is 0.252 e. The van der Waals surface area contributed by atoms with E-state index >= 15 is 0 Å². The van der Waals surface area contributed by atoms with Crippen LogP contribution in [-0.4, -0.2) is 42.5 Å². The first-order chi connectivity index (χ1) is 15.3. The van der Waals surface area contributed by atoms with Gasteiger partial charge in [-0.3, -0.25) is 14.4 Å². The van der Waals surface area contributed by atoms with Crippen molar-refractivity contribution >= 4 is 39.1 Å². The summed E-state index contributed by atoms with van der Waals surface area (Å²) in [6.45, 7) is 1.39. The summed E-state index contributed by atoms with van der Waals surface area (Å²) in [5.74, 6) is -1.23. The molecule has 4 rings (SSSR count). The summed E-state index contributed by atoms with van der Waals surface area (Å²) in [4.78, 5) is 38.6. The van der Waals surface area contributed by atoms with Gasteiger partial charge in [0.05, 0.1) is 17.0 Å². The Labute approximate surface area is 187 Å². The number of imide groups is 1. The third kappa shape index (κ3) is 4.18. The highest BCUT2D eigenvalue weighted by Crippen LogP contribution is 2.35. The standard InChI is InChI=1S/C23H25N3O5S/c1-16(27)24-17-11-13-18(14-12-17)25-22(28)15-21(23(25)29)26(19-7-5-6-8-19)32(30,31)20-9-3-2-4-10-20/h2-4,9-14,19,21H,5-8,15H2,1H3,(H,24,27). The number of nitrogens with zero attached hydrogens (tertiary/aromatic N) is 2. The number of hydrogen-bond acceptors (Lipinski definition) is 5. The van der Waals surface area contributed by atoms with E-state index in [4.69, 9.17) is 0 Å². The molecule has 2 aromatic rings. The van der Waals surface area contributed by atoms with Crippen LogP contribution in [0.3, 0.4) is 0 Å². The van der Waals surface area contributed by atoms with E-state index in [2.05, 4.69) is 5.32 Å². The molecule has 1 saturated carbocycles. The van der Waals surface area contributed by atoms with Crippen molar-refractivity contribution in [3.63, 3.8) is 0 Å². The largest absolute Gasteiger partial charge is 0.326 e. The highest BCUT2D eigenvalue weighted by atomic mass is 32.2. The zero-order valence-corrected chi connectivity index (χ0v) is 18.5. The monoisotopic (exact) mass is 455 g/mol. The number of amides is 3. The minimum atomic E-state index is -3.96. The maximum atomic E-state index is 13.6. The van der Waals surface area contributed by atoms with E-state index in [0.29, 0.717) is 24.2 Å². The fourth-order valence-corrected chi connectivity index (χ4v) is 6.32. The number of rotatable bonds is 6. The summed E-state index contributed by atoms with van der Waals surface area (Å²) < 4.78 is 28.4. The molecule has 0 spiro atoms. The molecule has 2 fully saturated rings. The van der Waals surface area contributed by atoms with Crippen molar-refractivity contribution in [1.29, 1.82) is 0 Å². The van der Waals surface area contributed by atoms with Crippen molar-refractivity contribution in [1.82, 2.24) is 4.31 Å². The van der Waals surface area contributed by atoms with Crippen LogP contribution in [0, 0.1) is 0 Å². The van der Waals surface area contributed by atoms with Gasteiger partial charge in [0.25, 0.3) is 5.91 Å². The second kappa shape index (κ2) is 8.84. The first-order valence-corrected chi connectivity index (χ1v) is 12.1. The molecule has 32 heavy (non-hydrogen) atoms. The predicted molar refractivity (Wildman–Crippen MR) is 119 cm³/mol. The van der Waals surface area contributed by atoms with Gasteiger partial charge in [-0.25, -0.2) is 13.3 Å². The Hall–Kier alpha value is -3.04. The SMILES string of the molecule is CC(=O)Nc1ccc(N2C(=O)CC(N(C3CCCC3)S(=O)(=O)c3ccccc3)C2=O)cc1. The first kappa shape index (κ1) is 22.2. The minimum absolute atomic E-state index is 0.116. The first-order valence-electron chi connectivity index (χ1n) is 10.6. The number of carbonyl (C=O) groups excluding carboxylic acids is 3. The van der Waals surface area contributed by atoms with Gasteiger partial charge < -0.3 is 5.32 Å². The summed E-state index contributed by atoms with van der Waals surface area (Å²) in [5.41, 5.74) is 0.885. The van der Waals surface area contributed by atoms with Gasteiger partial charge in [-0.2, -0.15) is 4.31 Å². The van der Waals surface area contributed by atoms with E-state index in [1.807, 2.05) is 0 Å². The molecule has 1 N–H and O–H groups in total. The third-order valence-electron chi connectivity index (χ3n) is 5.88. The Morgan fingerprint density at radius 3 is 2.22 bits per heavy atom. The van der Waals surface area contributed by atoms with E-state index in [1.54, 1.807) is 42.5 Å². The number of anilines is 2. The fourth-order valence-electron chi connectivity index (χ4n) is 4.47. The number of hydrogen-bond donors (Lipinski definition) is 1. The van der Waals surface area contributed by atoms with Crippen LogP contribution < -0.4 is 10.2 Å². The van der Waals surface area contributed by atoms with Gasteiger partial charge in [-0.15, -0.1) is 0 Å². The third-order valence-corrected chi connectivity index (χ3v) is 7.85. The molecular formula is C23H25N3O5S. The van der Waals surface area contributed by atoms with Crippen LogP contribution in [0.15, 0.2) is 59.5 Å². The van der Waals surface area contributed by atoms with E-state index in [1.165, 1.54) is 23.4 Å². The number of benzene rings is 2. The lowest BCUT2D eigenvalue weighted by Gasteiger charge is -2.32. The molecule has 0 radical (unpaired) electrons. The zero-order valence-electron chi connectivity index (χ0n) is 17.7. The van der Waals surface area contributed by atoms with Gasteiger partial charge in [0.15, 0.2) is 0 Å². The van der Waals surface area contributed by atoms with Gasteiger partial charge in [0.2, 0.25) is 21.8 Å². The maximum absolute atomic E-state index is 13.6. The van der Waals surface area contributed by atoms with Crippen LogP contribution in [0.25, 0.3) is 0 Å². The minimum Gasteiger partial charge on any atom is -0.326 e. The van der Waals surface area contributed by atoms with E-state index in [-0.39, 0.29) is 23.3 Å². The summed E-state index contributed by atoms with van der Waals surface area (Å²) in [6.07, 6.45) is 2.89. The van der Waals surface area contributed by atoms with Crippen LogP contribution in [0.2, 0.25) is 0 Å². The molecule has 0 bridgehead atoms. The number of nitrogens with one attached hydrogen (secondary N) is 1. The molecule has 1 saturated heterocycles. The normalized spacial score (nSPS) is 19.7. The zero-order chi connectivity index (χ0) is 22.9. The molecule has 8 nitrogen and oxygen atoms in total. The Morgan fingerprint density at radius 1 is 1.00 bits per heavy atom. The van der Waals surface area contributed by atoms with Crippen LogP contribution in [0.4, 0.5) is 11.4 Å². The van der Waals surface area contributed by atoms with E-state index in [9.17, 15) is 22.8 Å². The van der Waals surface area contributed by atoms with Crippen LogP contribution >= 0.6 is 0 Å². The summed E-state index contributed by atoms with van der Waals surface area (Å²) in [5, 5.41) is 2.63. The smallest absolute Gasteiger partial charge is 0.252 e. The van der Waals surface area contributed by atoms with Crippen LogP contribution in [0.1, 0.15) is 39.0 Å². The lowest BCUT2D eigenvalue weighted by molar-refractivity contribution is -0.122.